The van der Waals surface area contributed by atoms with E-state index in [4.69, 9.17) is 10.8 Å². The molecule has 0 aliphatic rings. The van der Waals surface area contributed by atoms with Gasteiger partial charge in [0.2, 0.25) is 0 Å². The number of rotatable bonds is 4. The second-order valence-electron chi connectivity index (χ2n) is 3.84. The number of fused-ring (bicyclic) bond motifs is 1. The SMILES string of the molecule is NC(CCc1c[nH]c2ccccc12)C(=O)O. The number of carboxylic acids is 1. The average Bonchev–Trinajstić information content (AvgIpc) is 2.69. The lowest BCUT2D eigenvalue weighted by Crippen LogP contribution is -2.30. The van der Waals surface area contributed by atoms with Crippen LogP contribution in [0.5, 0.6) is 0 Å². The van der Waals surface area contributed by atoms with E-state index in [1.165, 1.54) is 0 Å². The first-order valence-electron chi connectivity index (χ1n) is 5.22. The highest BCUT2D eigenvalue weighted by atomic mass is 16.4. The van der Waals surface area contributed by atoms with Crippen LogP contribution in [0.25, 0.3) is 10.9 Å². The van der Waals surface area contributed by atoms with E-state index in [1.807, 2.05) is 30.5 Å². The number of nitrogens with two attached hydrogens (primary N) is 1. The number of benzene rings is 1. The van der Waals surface area contributed by atoms with E-state index >= 15 is 0 Å². The summed E-state index contributed by atoms with van der Waals surface area (Å²) < 4.78 is 0. The van der Waals surface area contributed by atoms with Gasteiger partial charge in [-0.15, -0.1) is 0 Å². The molecule has 84 valence electrons. The number of nitrogens with one attached hydrogen (secondary N) is 1. The summed E-state index contributed by atoms with van der Waals surface area (Å²) >= 11 is 0. The molecule has 16 heavy (non-hydrogen) atoms. The van der Waals surface area contributed by atoms with E-state index in [0.717, 1.165) is 16.5 Å². The number of aromatic amines is 1. The Hall–Kier alpha value is -1.81. The smallest absolute Gasteiger partial charge is 0.320 e. The van der Waals surface area contributed by atoms with Crippen molar-refractivity contribution in [2.45, 2.75) is 18.9 Å². The third-order valence-electron chi connectivity index (χ3n) is 2.72. The van der Waals surface area contributed by atoms with Crippen LogP contribution in [-0.2, 0) is 11.2 Å². The number of aryl methyl sites for hydroxylation is 1. The summed E-state index contributed by atoms with van der Waals surface area (Å²) in [7, 11) is 0. The van der Waals surface area contributed by atoms with E-state index in [0.29, 0.717) is 12.8 Å². The van der Waals surface area contributed by atoms with Crippen molar-refractivity contribution >= 4 is 16.9 Å². The van der Waals surface area contributed by atoms with E-state index in [1.54, 1.807) is 0 Å². The van der Waals surface area contributed by atoms with E-state index in [2.05, 4.69) is 4.98 Å². The molecule has 4 nitrogen and oxygen atoms in total. The van der Waals surface area contributed by atoms with Gasteiger partial charge in [0.1, 0.15) is 6.04 Å². The van der Waals surface area contributed by atoms with Gasteiger partial charge in [-0.2, -0.15) is 0 Å². The van der Waals surface area contributed by atoms with Gasteiger partial charge in [0.05, 0.1) is 0 Å². The maximum absolute atomic E-state index is 10.6. The Bertz CT molecular complexity index is 504. The van der Waals surface area contributed by atoms with Crippen molar-refractivity contribution in [3.05, 3.63) is 36.0 Å². The van der Waals surface area contributed by atoms with Crippen molar-refractivity contribution in [1.29, 1.82) is 0 Å². The van der Waals surface area contributed by atoms with Crippen LogP contribution >= 0.6 is 0 Å². The van der Waals surface area contributed by atoms with Crippen LogP contribution in [-0.4, -0.2) is 22.1 Å². The third-order valence-corrected chi connectivity index (χ3v) is 2.72. The lowest BCUT2D eigenvalue weighted by molar-refractivity contribution is -0.138. The summed E-state index contributed by atoms with van der Waals surface area (Å²) in [5.74, 6) is -0.945. The molecule has 2 rings (SSSR count). The van der Waals surface area contributed by atoms with Crippen LogP contribution in [0.1, 0.15) is 12.0 Å². The maximum Gasteiger partial charge on any atom is 0.320 e. The molecule has 0 spiro atoms. The van der Waals surface area contributed by atoms with Crippen molar-refractivity contribution in [3.8, 4) is 0 Å². The normalized spacial score (nSPS) is 12.8. The van der Waals surface area contributed by atoms with Gasteiger partial charge < -0.3 is 15.8 Å². The molecule has 4 N–H and O–H groups in total. The second-order valence-corrected chi connectivity index (χ2v) is 3.84. The number of carbonyl (C=O) groups is 1. The Morgan fingerprint density at radius 1 is 1.44 bits per heavy atom. The van der Waals surface area contributed by atoms with Crippen LogP contribution < -0.4 is 5.73 Å². The molecule has 0 radical (unpaired) electrons. The van der Waals surface area contributed by atoms with Gasteiger partial charge in [-0.05, 0) is 24.5 Å². The molecule has 2 aromatic rings. The molecule has 0 saturated heterocycles. The fourth-order valence-electron chi connectivity index (χ4n) is 1.77. The highest BCUT2D eigenvalue weighted by Crippen LogP contribution is 2.19. The Balaban J connectivity index is 2.13. The Labute approximate surface area is 93.1 Å². The van der Waals surface area contributed by atoms with Crippen LogP contribution in [0.3, 0.4) is 0 Å². The number of H-pyrrole nitrogens is 1. The molecular weight excluding hydrogens is 204 g/mol. The van der Waals surface area contributed by atoms with Gasteiger partial charge in [0, 0.05) is 17.1 Å². The molecule has 1 heterocycles. The van der Waals surface area contributed by atoms with Gasteiger partial charge in [-0.25, -0.2) is 0 Å². The van der Waals surface area contributed by atoms with E-state index < -0.39 is 12.0 Å². The summed E-state index contributed by atoms with van der Waals surface area (Å²) in [6.45, 7) is 0. The summed E-state index contributed by atoms with van der Waals surface area (Å²) in [5.41, 5.74) is 7.66. The molecule has 0 saturated carbocycles. The topological polar surface area (TPSA) is 79.1 Å². The first-order chi connectivity index (χ1) is 7.68. The fraction of sp³-hybridized carbons (Fsp3) is 0.250. The zero-order chi connectivity index (χ0) is 11.5. The Kier molecular flexibility index (Phi) is 2.92. The second kappa shape index (κ2) is 4.37. The number of para-hydroxylation sites is 1. The molecule has 0 amide bonds. The highest BCUT2D eigenvalue weighted by Gasteiger charge is 2.12. The zero-order valence-corrected chi connectivity index (χ0v) is 8.81. The van der Waals surface area contributed by atoms with Gasteiger partial charge in [-0.1, -0.05) is 18.2 Å². The largest absolute Gasteiger partial charge is 0.480 e. The Morgan fingerprint density at radius 2 is 2.19 bits per heavy atom. The number of aromatic nitrogens is 1. The maximum atomic E-state index is 10.6. The van der Waals surface area contributed by atoms with Crippen LogP contribution in [0, 0.1) is 0 Å². The quantitative estimate of drug-likeness (QED) is 0.727. The number of hydrogen-bond acceptors (Lipinski definition) is 2. The first kappa shape index (κ1) is 10.7. The lowest BCUT2D eigenvalue weighted by atomic mass is 10.1. The van der Waals surface area contributed by atoms with Gasteiger partial charge in [-0.3, -0.25) is 4.79 Å². The molecule has 0 bridgehead atoms. The first-order valence-corrected chi connectivity index (χ1v) is 5.22. The van der Waals surface area contributed by atoms with Gasteiger partial charge in [0.25, 0.3) is 0 Å². The minimum absolute atomic E-state index is 0.456. The summed E-state index contributed by atoms with van der Waals surface area (Å²) in [6, 6.07) is 7.17. The summed E-state index contributed by atoms with van der Waals surface area (Å²) in [5, 5.41) is 9.83. The van der Waals surface area contributed by atoms with Crippen molar-refractivity contribution in [2.75, 3.05) is 0 Å². The van der Waals surface area contributed by atoms with Crippen molar-refractivity contribution in [1.82, 2.24) is 4.98 Å². The third kappa shape index (κ3) is 2.06. The molecule has 1 aromatic carbocycles. The van der Waals surface area contributed by atoms with Crippen molar-refractivity contribution < 1.29 is 9.90 Å². The van der Waals surface area contributed by atoms with Crippen LogP contribution in [0.15, 0.2) is 30.5 Å². The van der Waals surface area contributed by atoms with Gasteiger partial charge >= 0.3 is 5.97 Å². The average molecular weight is 218 g/mol. The minimum Gasteiger partial charge on any atom is -0.480 e. The molecule has 0 fully saturated rings. The molecular formula is C12H14N2O2. The van der Waals surface area contributed by atoms with E-state index in [-0.39, 0.29) is 0 Å². The van der Waals surface area contributed by atoms with Crippen molar-refractivity contribution in [3.63, 3.8) is 0 Å². The molecule has 1 aromatic heterocycles. The predicted octanol–water partition coefficient (Wildman–Crippen LogP) is 1.51. The number of aliphatic carboxylic acids is 1. The van der Waals surface area contributed by atoms with Crippen molar-refractivity contribution in [2.24, 2.45) is 5.73 Å². The summed E-state index contributed by atoms with van der Waals surface area (Å²) in [4.78, 5) is 13.7. The monoisotopic (exact) mass is 218 g/mol. The molecule has 1 atom stereocenters. The van der Waals surface area contributed by atoms with E-state index in [9.17, 15) is 4.79 Å². The summed E-state index contributed by atoms with van der Waals surface area (Å²) in [6.07, 6.45) is 3.05. The fourth-order valence-corrected chi connectivity index (χ4v) is 1.77. The predicted molar refractivity (Wildman–Crippen MR) is 62.2 cm³/mol. The van der Waals surface area contributed by atoms with Crippen LogP contribution in [0.4, 0.5) is 0 Å². The molecule has 1 unspecified atom stereocenters. The standard InChI is InChI=1S/C12H14N2O2/c13-10(12(15)16)6-5-8-7-14-11-4-2-1-3-9(8)11/h1-4,7,10,14H,5-6,13H2,(H,15,16). The highest BCUT2D eigenvalue weighted by molar-refractivity contribution is 5.83. The Morgan fingerprint density at radius 3 is 2.94 bits per heavy atom. The minimum atomic E-state index is -0.945. The van der Waals surface area contributed by atoms with Gasteiger partial charge in [0.15, 0.2) is 0 Å². The molecule has 4 heteroatoms. The zero-order valence-electron chi connectivity index (χ0n) is 8.81. The number of hydrogen-bond donors (Lipinski definition) is 3. The van der Waals surface area contributed by atoms with Crippen LogP contribution in [0.2, 0.25) is 0 Å². The molecule has 0 aliphatic carbocycles. The molecule has 0 aliphatic heterocycles. The number of carboxylic acid groups (broad SMARTS) is 1. The lowest BCUT2D eigenvalue weighted by Gasteiger charge is -2.04.